The molecule has 0 radical (unpaired) electrons. The molecule has 2 atom stereocenters. The summed E-state index contributed by atoms with van der Waals surface area (Å²) >= 11 is 0. The standard InChI is InChI=1S/C6H13NO2.ClH/c1-7-5-2-3-9-4-6(5)8;/h5-8H,2-4H2,1H3;1H/t5-,6-;/m1./s1. The Labute approximate surface area is 67.2 Å². The fourth-order valence-corrected chi connectivity index (χ4v) is 1.06. The smallest absolute Gasteiger partial charge is 0.0926 e. The first-order valence-electron chi connectivity index (χ1n) is 3.27. The molecule has 0 spiro atoms. The number of likely N-dealkylation sites (N-methyl/N-ethyl adjacent to an activating group) is 1. The van der Waals surface area contributed by atoms with Crippen LogP contribution in [-0.2, 0) is 4.74 Å². The molecule has 1 aliphatic heterocycles. The Balaban J connectivity index is 0.000000810. The number of nitrogens with one attached hydrogen (secondary N) is 1. The van der Waals surface area contributed by atoms with Crippen LogP contribution >= 0.6 is 12.4 Å². The molecule has 62 valence electrons. The van der Waals surface area contributed by atoms with Gasteiger partial charge in [0.2, 0.25) is 0 Å². The second kappa shape index (κ2) is 4.91. The number of halogens is 1. The van der Waals surface area contributed by atoms with Gasteiger partial charge in [-0.1, -0.05) is 0 Å². The van der Waals surface area contributed by atoms with Crippen LogP contribution in [0.1, 0.15) is 6.42 Å². The summed E-state index contributed by atoms with van der Waals surface area (Å²) in [5.41, 5.74) is 0. The molecular formula is C6H14ClNO2. The maximum atomic E-state index is 9.18. The van der Waals surface area contributed by atoms with Crippen LogP contribution in [0.25, 0.3) is 0 Å². The van der Waals surface area contributed by atoms with Crippen LogP contribution in [0.5, 0.6) is 0 Å². The minimum Gasteiger partial charge on any atom is -0.389 e. The van der Waals surface area contributed by atoms with Crippen molar-refractivity contribution in [2.75, 3.05) is 20.3 Å². The highest BCUT2D eigenvalue weighted by Gasteiger charge is 2.20. The Hall–Kier alpha value is 0.170. The molecule has 10 heavy (non-hydrogen) atoms. The largest absolute Gasteiger partial charge is 0.389 e. The van der Waals surface area contributed by atoms with Crippen molar-refractivity contribution in [1.29, 1.82) is 0 Å². The van der Waals surface area contributed by atoms with E-state index in [0.29, 0.717) is 6.61 Å². The van der Waals surface area contributed by atoms with Gasteiger partial charge in [0, 0.05) is 12.6 Å². The van der Waals surface area contributed by atoms with Crippen molar-refractivity contribution in [2.24, 2.45) is 0 Å². The molecule has 0 aromatic carbocycles. The lowest BCUT2D eigenvalue weighted by Gasteiger charge is -2.26. The Bertz CT molecular complexity index is 91.8. The Morgan fingerprint density at radius 3 is 2.70 bits per heavy atom. The van der Waals surface area contributed by atoms with Crippen LogP contribution in [0.3, 0.4) is 0 Å². The van der Waals surface area contributed by atoms with E-state index in [-0.39, 0.29) is 24.6 Å². The lowest BCUT2D eigenvalue weighted by molar-refractivity contribution is -0.0258. The zero-order valence-corrected chi connectivity index (χ0v) is 6.86. The summed E-state index contributed by atoms with van der Waals surface area (Å²) in [6, 6.07) is 0.235. The zero-order valence-electron chi connectivity index (χ0n) is 6.04. The summed E-state index contributed by atoms with van der Waals surface area (Å²) in [7, 11) is 1.86. The van der Waals surface area contributed by atoms with Gasteiger partial charge in [0.15, 0.2) is 0 Å². The molecule has 0 aromatic rings. The van der Waals surface area contributed by atoms with Gasteiger partial charge in [-0.3, -0.25) is 0 Å². The van der Waals surface area contributed by atoms with Crippen molar-refractivity contribution in [1.82, 2.24) is 5.32 Å². The van der Waals surface area contributed by atoms with Crippen LogP contribution in [0.15, 0.2) is 0 Å². The quantitative estimate of drug-likeness (QED) is 0.568. The third kappa shape index (κ3) is 2.42. The van der Waals surface area contributed by atoms with Crippen molar-refractivity contribution < 1.29 is 9.84 Å². The zero-order chi connectivity index (χ0) is 6.69. The van der Waals surface area contributed by atoms with E-state index >= 15 is 0 Å². The summed E-state index contributed by atoms with van der Waals surface area (Å²) in [5, 5.41) is 12.2. The molecule has 0 amide bonds. The number of ether oxygens (including phenoxy) is 1. The van der Waals surface area contributed by atoms with Gasteiger partial charge in [0.05, 0.1) is 12.7 Å². The molecule has 4 heteroatoms. The molecular weight excluding hydrogens is 154 g/mol. The molecule has 1 aliphatic rings. The summed E-state index contributed by atoms with van der Waals surface area (Å²) in [6.45, 7) is 1.24. The number of aliphatic hydroxyl groups excluding tert-OH is 1. The van der Waals surface area contributed by atoms with Gasteiger partial charge < -0.3 is 15.2 Å². The summed E-state index contributed by atoms with van der Waals surface area (Å²) in [5.74, 6) is 0. The molecule has 1 saturated heterocycles. The Morgan fingerprint density at radius 2 is 2.30 bits per heavy atom. The predicted molar refractivity (Wildman–Crippen MR) is 41.5 cm³/mol. The monoisotopic (exact) mass is 167 g/mol. The maximum Gasteiger partial charge on any atom is 0.0926 e. The van der Waals surface area contributed by atoms with E-state index in [9.17, 15) is 5.11 Å². The summed E-state index contributed by atoms with van der Waals surface area (Å²) in [4.78, 5) is 0. The van der Waals surface area contributed by atoms with E-state index in [1.165, 1.54) is 0 Å². The molecule has 2 N–H and O–H groups in total. The highest BCUT2D eigenvalue weighted by atomic mass is 35.5. The number of hydrogen-bond donors (Lipinski definition) is 2. The molecule has 1 rings (SSSR count). The first-order valence-corrected chi connectivity index (χ1v) is 3.27. The molecule has 1 heterocycles. The highest BCUT2D eigenvalue weighted by molar-refractivity contribution is 5.85. The summed E-state index contributed by atoms with van der Waals surface area (Å²) < 4.78 is 5.02. The van der Waals surface area contributed by atoms with E-state index in [1.807, 2.05) is 7.05 Å². The van der Waals surface area contributed by atoms with E-state index in [4.69, 9.17) is 4.74 Å². The lowest BCUT2D eigenvalue weighted by atomic mass is 10.1. The second-order valence-electron chi connectivity index (χ2n) is 2.33. The van der Waals surface area contributed by atoms with E-state index in [1.54, 1.807) is 0 Å². The number of aliphatic hydroxyl groups is 1. The molecule has 0 aromatic heterocycles. The fourth-order valence-electron chi connectivity index (χ4n) is 1.06. The average molecular weight is 168 g/mol. The molecule has 0 saturated carbocycles. The Morgan fingerprint density at radius 1 is 1.60 bits per heavy atom. The van der Waals surface area contributed by atoms with Gasteiger partial charge in [0.1, 0.15) is 0 Å². The maximum absolute atomic E-state index is 9.18. The highest BCUT2D eigenvalue weighted by Crippen LogP contribution is 2.05. The molecule has 0 aliphatic carbocycles. The molecule has 0 unspecified atom stereocenters. The van der Waals surface area contributed by atoms with Crippen molar-refractivity contribution >= 4 is 12.4 Å². The topological polar surface area (TPSA) is 41.5 Å². The third-order valence-corrected chi connectivity index (χ3v) is 1.70. The second-order valence-corrected chi connectivity index (χ2v) is 2.33. The molecule has 1 fully saturated rings. The lowest BCUT2D eigenvalue weighted by Crippen LogP contribution is -2.44. The minimum absolute atomic E-state index is 0. The minimum atomic E-state index is -0.316. The van der Waals surface area contributed by atoms with Gasteiger partial charge in [-0.2, -0.15) is 0 Å². The number of rotatable bonds is 1. The first-order chi connectivity index (χ1) is 4.34. The Kier molecular flexibility index (Phi) is 4.99. The number of hydrogen-bond acceptors (Lipinski definition) is 3. The van der Waals surface area contributed by atoms with Gasteiger partial charge >= 0.3 is 0 Å². The fraction of sp³-hybridized carbons (Fsp3) is 1.00. The van der Waals surface area contributed by atoms with Crippen LogP contribution in [0, 0.1) is 0 Å². The first kappa shape index (κ1) is 10.2. The van der Waals surface area contributed by atoms with Gasteiger partial charge in [-0.05, 0) is 13.5 Å². The van der Waals surface area contributed by atoms with Crippen molar-refractivity contribution in [2.45, 2.75) is 18.6 Å². The van der Waals surface area contributed by atoms with Crippen molar-refractivity contribution in [3.8, 4) is 0 Å². The predicted octanol–water partition coefficient (Wildman–Crippen LogP) is -0.223. The van der Waals surface area contributed by atoms with Crippen LogP contribution in [-0.4, -0.2) is 37.5 Å². The van der Waals surface area contributed by atoms with Crippen molar-refractivity contribution in [3.63, 3.8) is 0 Å². The average Bonchev–Trinajstić information content (AvgIpc) is 1.89. The third-order valence-electron chi connectivity index (χ3n) is 1.70. The molecule has 0 bridgehead atoms. The van der Waals surface area contributed by atoms with Crippen molar-refractivity contribution in [3.05, 3.63) is 0 Å². The molecule has 3 nitrogen and oxygen atoms in total. The van der Waals surface area contributed by atoms with Crippen LogP contribution in [0.2, 0.25) is 0 Å². The summed E-state index contributed by atoms with van der Waals surface area (Å²) in [6.07, 6.45) is 0.598. The van der Waals surface area contributed by atoms with Gasteiger partial charge in [0.25, 0.3) is 0 Å². The van der Waals surface area contributed by atoms with Gasteiger partial charge in [-0.15, -0.1) is 12.4 Å². The van der Waals surface area contributed by atoms with E-state index in [0.717, 1.165) is 13.0 Å². The van der Waals surface area contributed by atoms with E-state index in [2.05, 4.69) is 5.32 Å². The van der Waals surface area contributed by atoms with Crippen LogP contribution in [0.4, 0.5) is 0 Å². The van der Waals surface area contributed by atoms with Crippen LogP contribution < -0.4 is 5.32 Å². The SMILES string of the molecule is CN[C@@H]1CCOC[C@H]1O.Cl. The van der Waals surface area contributed by atoms with Gasteiger partial charge in [-0.25, -0.2) is 0 Å². The van der Waals surface area contributed by atoms with E-state index < -0.39 is 0 Å². The normalized spacial score (nSPS) is 33.0.